The zero-order valence-electron chi connectivity index (χ0n) is 8.07. The van der Waals surface area contributed by atoms with E-state index in [1.807, 2.05) is 0 Å². The van der Waals surface area contributed by atoms with Crippen LogP contribution in [0.15, 0.2) is 22.9 Å². The van der Waals surface area contributed by atoms with E-state index in [0.29, 0.717) is 16.4 Å². The number of nitrogens with one attached hydrogen (secondary N) is 1. The number of halogens is 1. The number of pyridine rings is 1. The van der Waals surface area contributed by atoms with Crippen molar-refractivity contribution < 1.29 is 9.53 Å². The van der Waals surface area contributed by atoms with Gasteiger partial charge in [-0.3, -0.25) is 4.79 Å². The number of rotatable bonds is 4. The van der Waals surface area contributed by atoms with E-state index >= 15 is 0 Å². The van der Waals surface area contributed by atoms with Gasteiger partial charge in [0.2, 0.25) is 0 Å². The second-order valence-corrected chi connectivity index (χ2v) is 4.17. The van der Waals surface area contributed by atoms with E-state index in [0.717, 1.165) is 12.8 Å². The van der Waals surface area contributed by atoms with Gasteiger partial charge in [-0.15, -0.1) is 0 Å². The molecule has 0 aliphatic heterocycles. The van der Waals surface area contributed by atoms with Gasteiger partial charge in [-0.2, -0.15) is 0 Å². The van der Waals surface area contributed by atoms with Gasteiger partial charge in [0.15, 0.2) is 12.4 Å². The molecule has 1 saturated carbocycles. The Hall–Kier alpha value is -1.10. The number of amides is 1. The Morgan fingerprint density at radius 3 is 3.13 bits per heavy atom. The summed E-state index contributed by atoms with van der Waals surface area (Å²) < 4.78 is 5.92. The first-order valence-corrected chi connectivity index (χ1v) is 5.57. The molecular formula is C10H11BrN2O2. The largest absolute Gasteiger partial charge is 0.481 e. The Labute approximate surface area is 96.2 Å². The number of hydrogen-bond donors (Lipinski definition) is 1. The van der Waals surface area contributed by atoms with Crippen LogP contribution in [0, 0.1) is 0 Å². The Balaban J connectivity index is 1.81. The molecule has 1 aromatic rings. The standard InChI is InChI=1S/C10H11BrN2O2/c11-10-8(2-1-5-12-10)15-6-9(14)13-7-3-4-7/h1-2,5,7H,3-4,6H2,(H,13,14). The minimum atomic E-state index is -0.0757. The van der Waals surface area contributed by atoms with Crippen LogP contribution in [-0.2, 0) is 4.79 Å². The zero-order valence-corrected chi connectivity index (χ0v) is 9.66. The van der Waals surface area contributed by atoms with E-state index < -0.39 is 0 Å². The van der Waals surface area contributed by atoms with Gasteiger partial charge < -0.3 is 10.1 Å². The van der Waals surface area contributed by atoms with Crippen molar-refractivity contribution >= 4 is 21.8 Å². The number of carbonyl (C=O) groups excluding carboxylic acids is 1. The molecule has 15 heavy (non-hydrogen) atoms. The molecule has 1 amide bonds. The fourth-order valence-electron chi connectivity index (χ4n) is 1.12. The van der Waals surface area contributed by atoms with Crippen LogP contribution >= 0.6 is 15.9 Å². The molecule has 0 saturated heterocycles. The highest BCUT2D eigenvalue weighted by Crippen LogP contribution is 2.21. The smallest absolute Gasteiger partial charge is 0.258 e. The van der Waals surface area contributed by atoms with Crippen molar-refractivity contribution in [2.24, 2.45) is 0 Å². The lowest BCUT2D eigenvalue weighted by molar-refractivity contribution is -0.123. The van der Waals surface area contributed by atoms with E-state index in [2.05, 4.69) is 26.2 Å². The van der Waals surface area contributed by atoms with Crippen molar-refractivity contribution in [2.75, 3.05) is 6.61 Å². The van der Waals surface area contributed by atoms with Crippen molar-refractivity contribution in [1.82, 2.24) is 10.3 Å². The fourth-order valence-corrected chi connectivity index (χ4v) is 1.48. The zero-order chi connectivity index (χ0) is 10.7. The van der Waals surface area contributed by atoms with Gasteiger partial charge in [0.05, 0.1) is 0 Å². The summed E-state index contributed by atoms with van der Waals surface area (Å²) in [6, 6.07) is 3.90. The van der Waals surface area contributed by atoms with E-state index in [1.165, 1.54) is 0 Å². The number of hydrogen-bond acceptors (Lipinski definition) is 3. The monoisotopic (exact) mass is 270 g/mol. The molecule has 1 heterocycles. The first-order chi connectivity index (χ1) is 7.25. The number of nitrogens with zero attached hydrogens (tertiary/aromatic N) is 1. The maximum absolute atomic E-state index is 11.3. The Bertz CT molecular complexity index is 366. The molecule has 1 fully saturated rings. The molecular weight excluding hydrogens is 260 g/mol. The summed E-state index contributed by atoms with van der Waals surface area (Å²) in [6.07, 6.45) is 3.83. The normalized spacial score (nSPS) is 14.7. The highest BCUT2D eigenvalue weighted by molar-refractivity contribution is 9.10. The maximum Gasteiger partial charge on any atom is 0.258 e. The quantitative estimate of drug-likeness (QED) is 0.844. The Morgan fingerprint density at radius 1 is 1.67 bits per heavy atom. The van der Waals surface area contributed by atoms with Gasteiger partial charge in [0, 0.05) is 12.2 Å². The van der Waals surface area contributed by atoms with Gasteiger partial charge in [0.25, 0.3) is 5.91 Å². The third kappa shape index (κ3) is 3.20. The molecule has 0 atom stereocenters. The number of aromatic nitrogens is 1. The molecule has 1 aliphatic rings. The molecule has 1 aromatic heterocycles. The molecule has 0 spiro atoms. The van der Waals surface area contributed by atoms with Crippen molar-refractivity contribution in [3.63, 3.8) is 0 Å². The number of ether oxygens (including phenoxy) is 1. The van der Waals surface area contributed by atoms with Crippen LogP contribution in [0.2, 0.25) is 0 Å². The first kappa shape index (κ1) is 10.4. The molecule has 2 rings (SSSR count). The average molecular weight is 271 g/mol. The van der Waals surface area contributed by atoms with Crippen molar-refractivity contribution in [2.45, 2.75) is 18.9 Å². The lowest BCUT2D eigenvalue weighted by Crippen LogP contribution is -2.30. The summed E-state index contributed by atoms with van der Waals surface area (Å²) in [7, 11) is 0. The molecule has 0 unspecified atom stereocenters. The van der Waals surface area contributed by atoms with Crippen LogP contribution in [0.25, 0.3) is 0 Å². The number of carbonyl (C=O) groups is 1. The highest BCUT2D eigenvalue weighted by atomic mass is 79.9. The second-order valence-electron chi connectivity index (χ2n) is 3.42. The van der Waals surface area contributed by atoms with Crippen LogP contribution in [-0.4, -0.2) is 23.5 Å². The lowest BCUT2D eigenvalue weighted by atomic mass is 10.4. The summed E-state index contributed by atoms with van der Waals surface area (Å²) in [6.45, 7) is 0.0425. The van der Waals surface area contributed by atoms with Gasteiger partial charge in [-0.1, -0.05) is 0 Å². The van der Waals surface area contributed by atoms with Gasteiger partial charge >= 0.3 is 0 Å². The predicted molar refractivity (Wildman–Crippen MR) is 58.6 cm³/mol. The van der Waals surface area contributed by atoms with E-state index in [-0.39, 0.29) is 12.5 Å². The average Bonchev–Trinajstić information content (AvgIpc) is 3.00. The second kappa shape index (κ2) is 4.61. The Morgan fingerprint density at radius 2 is 2.47 bits per heavy atom. The fraction of sp³-hybridized carbons (Fsp3) is 0.400. The summed E-state index contributed by atoms with van der Waals surface area (Å²) >= 11 is 3.24. The van der Waals surface area contributed by atoms with Crippen molar-refractivity contribution in [3.05, 3.63) is 22.9 Å². The van der Waals surface area contributed by atoms with Crippen LogP contribution in [0.4, 0.5) is 0 Å². The molecule has 0 aromatic carbocycles. The third-order valence-corrected chi connectivity index (χ3v) is 2.62. The van der Waals surface area contributed by atoms with Crippen LogP contribution in [0.5, 0.6) is 5.75 Å². The lowest BCUT2D eigenvalue weighted by Gasteiger charge is -2.07. The third-order valence-electron chi connectivity index (χ3n) is 2.03. The first-order valence-electron chi connectivity index (χ1n) is 4.78. The molecule has 5 heteroatoms. The topological polar surface area (TPSA) is 51.2 Å². The van der Waals surface area contributed by atoms with E-state index in [4.69, 9.17) is 4.74 Å². The summed E-state index contributed by atoms with van der Waals surface area (Å²) in [5.74, 6) is 0.511. The molecule has 0 radical (unpaired) electrons. The van der Waals surface area contributed by atoms with Gasteiger partial charge in [0.1, 0.15) is 4.60 Å². The van der Waals surface area contributed by atoms with E-state index in [9.17, 15) is 4.79 Å². The molecule has 1 aliphatic carbocycles. The maximum atomic E-state index is 11.3. The van der Waals surface area contributed by atoms with Crippen molar-refractivity contribution in [1.29, 1.82) is 0 Å². The van der Waals surface area contributed by atoms with Crippen LogP contribution in [0.1, 0.15) is 12.8 Å². The Kier molecular flexibility index (Phi) is 3.20. The van der Waals surface area contributed by atoms with Gasteiger partial charge in [-0.25, -0.2) is 4.98 Å². The molecule has 0 bridgehead atoms. The highest BCUT2D eigenvalue weighted by Gasteiger charge is 2.23. The van der Waals surface area contributed by atoms with Crippen molar-refractivity contribution in [3.8, 4) is 5.75 Å². The predicted octanol–water partition coefficient (Wildman–Crippen LogP) is 1.50. The molecule has 1 N–H and O–H groups in total. The van der Waals surface area contributed by atoms with Gasteiger partial charge in [-0.05, 0) is 40.9 Å². The minimum Gasteiger partial charge on any atom is -0.481 e. The minimum absolute atomic E-state index is 0.0425. The summed E-state index contributed by atoms with van der Waals surface area (Å²) in [5, 5.41) is 2.84. The van der Waals surface area contributed by atoms with Crippen LogP contribution in [0.3, 0.4) is 0 Å². The van der Waals surface area contributed by atoms with Crippen LogP contribution < -0.4 is 10.1 Å². The SMILES string of the molecule is O=C(COc1cccnc1Br)NC1CC1. The van der Waals surface area contributed by atoms with E-state index in [1.54, 1.807) is 18.3 Å². The summed E-state index contributed by atoms with van der Waals surface area (Å²) in [5.41, 5.74) is 0. The molecule has 4 nitrogen and oxygen atoms in total. The summed E-state index contributed by atoms with van der Waals surface area (Å²) in [4.78, 5) is 15.3. The molecule has 80 valence electrons.